The predicted octanol–water partition coefficient (Wildman–Crippen LogP) is 3.82. The van der Waals surface area contributed by atoms with Crippen molar-refractivity contribution < 1.29 is 4.74 Å². The molecule has 2 saturated carbocycles. The Morgan fingerprint density at radius 2 is 1.95 bits per heavy atom. The molecule has 21 heavy (non-hydrogen) atoms. The fourth-order valence-corrected chi connectivity index (χ4v) is 3.30. The highest BCUT2D eigenvalue weighted by Crippen LogP contribution is 2.29. The van der Waals surface area contributed by atoms with Gasteiger partial charge in [0.15, 0.2) is 0 Å². The van der Waals surface area contributed by atoms with Crippen LogP contribution in [0.1, 0.15) is 63.3 Å². The summed E-state index contributed by atoms with van der Waals surface area (Å²) in [7, 11) is 0. The molecule has 2 unspecified atom stereocenters. The molecule has 116 valence electrons. The minimum atomic E-state index is 0.443. The lowest BCUT2D eigenvalue weighted by atomic mass is 9.85. The largest absolute Gasteiger partial charge is 0.372 e. The molecule has 0 spiro atoms. The van der Waals surface area contributed by atoms with Crippen molar-refractivity contribution in [1.29, 1.82) is 0 Å². The van der Waals surface area contributed by atoms with Crippen molar-refractivity contribution in [3.05, 3.63) is 29.6 Å². The molecule has 0 saturated heterocycles. The molecule has 0 radical (unpaired) electrons. The second-order valence-electron chi connectivity index (χ2n) is 6.58. The summed E-state index contributed by atoms with van der Waals surface area (Å²) in [4.78, 5) is 4.72. The number of aromatic nitrogens is 1. The Morgan fingerprint density at radius 1 is 1.14 bits per heavy atom. The van der Waals surface area contributed by atoms with Gasteiger partial charge in [-0.2, -0.15) is 0 Å². The summed E-state index contributed by atoms with van der Waals surface area (Å²) in [6, 6.07) is 7.03. The molecule has 3 nitrogen and oxygen atoms in total. The van der Waals surface area contributed by atoms with Gasteiger partial charge in [0, 0.05) is 12.6 Å². The lowest BCUT2D eigenvalue weighted by molar-refractivity contribution is -0.0235. The summed E-state index contributed by atoms with van der Waals surface area (Å²) in [5.74, 6) is 0.749. The standard InChI is InChI=1S/C18H28N2O/c1-2-14-6-3-4-9-18(14)21-13-17-8-5-7-16(20-17)12-19-15-10-11-15/h5,7-8,14-15,18-19H,2-4,6,9-13H2,1H3. The first kappa shape index (κ1) is 15.0. The Morgan fingerprint density at radius 3 is 2.76 bits per heavy atom. The highest BCUT2D eigenvalue weighted by atomic mass is 16.5. The fraction of sp³-hybridized carbons (Fsp3) is 0.722. The van der Waals surface area contributed by atoms with E-state index in [0.717, 1.165) is 29.9 Å². The van der Waals surface area contributed by atoms with Gasteiger partial charge in [0.1, 0.15) is 0 Å². The number of ether oxygens (including phenoxy) is 1. The van der Waals surface area contributed by atoms with E-state index in [9.17, 15) is 0 Å². The normalized spacial score (nSPS) is 26.0. The van der Waals surface area contributed by atoms with Crippen LogP contribution < -0.4 is 5.32 Å². The SMILES string of the molecule is CCC1CCCCC1OCc1cccc(CNC2CC2)n1. The van der Waals surface area contributed by atoms with Crippen molar-refractivity contribution >= 4 is 0 Å². The highest BCUT2D eigenvalue weighted by molar-refractivity contribution is 5.11. The van der Waals surface area contributed by atoms with Gasteiger partial charge in [-0.15, -0.1) is 0 Å². The predicted molar refractivity (Wildman–Crippen MR) is 84.9 cm³/mol. The monoisotopic (exact) mass is 288 g/mol. The van der Waals surface area contributed by atoms with Gasteiger partial charge in [0.25, 0.3) is 0 Å². The van der Waals surface area contributed by atoms with E-state index in [-0.39, 0.29) is 0 Å². The maximum Gasteiger partial charge on any atom is 0.0891 e. The number of nitrogens with zero attached hydrogens (tertiary/aromatic N) is 1. The summed E-state index contributed by atoms with van der Waals surface area (Å²) in [5, 5.41) is 3.52. The first-order valence-corrected chi connectivity index (χ1v) is 8.65. The maximum atomic E-state index is 6.18. The molecule has 0 amide bonds. The molecule has 3 heteroatoms. The van der Waals surface area contributed by atoms with Crippen LogP contribution in [0.5, 0.6) is 0 Å². The molecular weight excluding hydrogens is 260 g/mol. The maximum absolute atomic E-state index is 6.18. The zero-order valence-electron chi connectivity index (χ0n) is 13.2. The summed E-state index contributed by atoms with van der Waals surface area (Å²) in [5.41, 5.74) is 2.21. The van der Waals surface area contributed by atoms with Crippen LogP contribution in [0.15, 0.2) is 18.2 Å². The van der Waals surface area contributed by atoms with E-state index in [1.54, 1.807) is 0 Å². The van der Waals surface area contributed by atoms with Gasteiger partial charge in [-0.1, -0.05) is 32.3 Å². The fourth-order valence-electron chi connectivity index (χ4n) is 3.30. The third-order valence-corrected chi connectivity index (χ3v) is 4.82. The van der Waals surface area contributed by atoms with Crippen molar-refractivity contribution in [1.82, 2.24) is 10.3 Å². The highest BCUT2D eigenvalue weighted by Gasteiger charge is 2.24. The minimum absolute atomic E-state index is 0.443. The van der Waals surface area contributed by atoms with Gasteiger partial charge in [-0.05, 0) is 43.7 Å². The molecule has 2 aliphatic rings. The van der Waals surface area contributed by atoms with Crippen LogP contribution in [0.4, 0.5) is 0 Å². The number of nitrogens with one attached hydrogen (secondary N) is 1. The van der Waals surface area contributed by atoms with Crippen molar-refractivity contribution in [3.63, 3.8) is 0 Å². The lowest BCUT2D eigenvalue weighted by Gasteiger charge is -2.30. The zero-order chi connectivity index (χ0) is 14.5. The molecule has 1 aromatic rings. The van der Waals surface area contributed by atoms with E-state index in [1.165, 1.54) is 44.9 Å². The third-order valence-electron chi connectivity index (χ3n) is 4.82. The van der Waals surface area contributed by atoms with Crippen LogP contribution >= 0.6 is 0 Å². The molecule has 3 rings (SSSR count). The lowest BCUT2D eigenvalue weighted by Crippen LogP contribution is -2.27. The Balaban J connectivity index is 1.50. The average molecular weight is 288 g/mol. The smallest absolute Gasteiger partial charge is 0.0891 e. The van der Waals surface area contributed by atoms with Crippen LogP contribution in [0.2, 0.25) is 0 Å². The molecule has 2 aliphatic carbocycles. The second kappa shape index (κ2) is 7.37. The number of pyridine rings is 1. The van der Waals surface area contributed by atoms with Gasteiger partial charge in [-0.25, -0.2) is 0 Å². The number of hydrogen-bond acceptors (Lipinski definition) is 3. The first-order chi connectivity index (χ1) is 10.3. The molecule has 2 atom stereocenters. The number of rotatable bonds is 7. The quantitative estimate of drug-likeness (QED) is 0.828. The molecule has 1 aromatic heterocycles. The molecule has 0 bridgehead atoms. The molecule has 0 aromatic carbocycles. The van der Waals surface area contributed by atoms with Gasteiger partial charge >= 0.3 is 0 Å². The van der Waals surface area contributed by atoms with E-state index in [0.29, 0.717) is 12.7 Å². The summed E-state index contributed by atoms with van der Waals surface area (Å²) >= 11 is 0. The van der Waals surface area contributed by atoms with E-state index in [4.69, 9.17) is 9.72 Å². The van der Waals surface area contributed by atoms with Crippen LogP contribution in [-0.2, 0) is 17.9 Å². The topological polar surface area (TPSA) is 34.1 Å². The van der Waals surface area contributed by atoms with E-state index in [1.807, 2.05) is 0 Å². The third kappa shape index (κ3) is 4.52. The van der Waals surface area contributed by atoms with Crippen molar-refractivity contribution in [2.45, 2.75) is 77.2 Å². The summed E-state index contributed by atoms with van der Waals surface area (Å²) < 4.78 is 6.18. The van der Waals surface area contributed by atoms with Crippen LogP contribution in [-0.4, -0.2) is 17.1 Å². The molecular formula is C18H28N2O. The molecule has 2 fully saturated rings. The first-order valence-electron chi connectivity index (χ1n) is 8.65. The Kier molecular flexibility index (Phi) is 5.26. The number of hydrogen-bond donors (Lipinski definition) is 1. The Bertz CT molecular complexity index is 445. The van der Waals surface area contributed by atoms with Gasteiger partial charge < -0.3 is 10.1 Å². The van der Waals surface area contributed by atoms with E-state index >= 15 is 0 Å². The van der Waals surface area contributed by atoms with Gasteiger partial charge in [-0.3, -0.25) is 4.98 Å². The zero-order valence-corrected chi connectivity index (χ0v) is 13.2. The van der Waals surface area contributed by atoms with E-state index < -0.39 is 0 Å². The van der Waals surface area contributed by atoms with E-state index in [2.05, 4.69) is 30.4 Å². The van der Waals surface area contributed by atoms with Crippen molar-refractivity contribution in [2.24, 2.45) is 5.92 Å². The Hall–Kier alpha value is -0.930. The van der Waals surface area contributed by atoms with Crippen LogP contribution in [0.25, 0.3) is 0 Å². The molecule has 0 aliphatic heterocycles. The molecule has 1 N–H and O–H groups in total. The van der Waals surface area contributed by atoms with Gasteiger partial charge in [0.2, 0.25) is 0 Å². The van der Waals surface area contributed by atoms with Crippen LogP contribution in [0, 0.1) is 5.92 Å². The Labute approximate surface area is 128 Å². The van der Waals surface area contributed by atoms with Gasteiger partial charge in [0.05, 0.1) is 24.1 Å². The minimum Gasteiger partial charge on any atom is -0.372 e. The van der Waals surface area contributed by atoms with Crippen molar-refractivity contribution in [3.8, 4) is 0 Å². The molecule has 1 heterocycles. The summed E-state index contributed by atoms with van der Waals surface area (Å²) in [6.45, 7) is 3.84. The average Bonchev–Trinajstić information content (AvgIpc) is 3.36. The summed E-state index contributed by atoms with van der Waals surface area (Å²) in [6.07, 6.45) is 9.58. The van der Waals surface area contributed by atoms with Crippen molar-refractivity contribution in [2.75, 3.05) is 0 Å². The van der Waals surface area contributed by atoms with Crippen LogP contribution in [0.3, 0.4) is 0 Å². The second-order valence-corrected chi connectivity index (χ2v) is 6.58.